The zero-order valence-electron chi connectivity index (χ0n) is 20.8. The van der Waals surface area contributed by atoms with Crippen molar-refractivity contribution in [3.63, 3.8) is 0 Å². The Morgan fingerprint density at radius 1 is 1.00 bits per heavy atom. The highest BCUT2D eigenvalue weighted by atomic mass is 16.5. The molecule has 1 aromatic carbocycles. The van der Waals surface area contributed by atoms with E-state index in [0.717, 1.165) is 66.0 Å². The van der Waals surface area contributed by atoms with Crippen LogP contribution in [0.4, 0.5) is 17.5 Å². The molecule has 1 N–H and O–H groups in total. The van der Waals surface area contributed by atoms with Gasteiger partial charge in [-0.25, -0.2) is 4.98 Å². The molecule has 3 aliphatic rings. The number of pyridine rings is 1. The lowest BCUT2D eigenvalue weighted by Gasteiger charge is -2.28. The lowest BCUT2D eigenvalue weighted by Crippen LogP contribution is -2.37. The summed E-state index contributed by atoms with van der Waals surface area (Å²) in [6, 6.07) is 13.3. The van der Waals surface area contributed by atoms with Gasteiger partial charge in [0.25, 0.3) is 0 Å². The largest absolute Gasteiger partial charge is 0.382 e. The van der Waals surface area contributed by atoms with Crippen LogP contribution in [0.5, 0.6) is 0 Å². The van der Waals surface area contributed by atoms with Gasteiger partial charge in [0.05, 0.1) is 30.8 Å². The van der Waals surface area contributed by atoms with Crippen molar-refractivity contribution in [1.82, 2.24) is 20.3 Å². The molecule has 0 unspecified atom stereocenters. The molecule has 2 aromatic heterocycles. The number of benzene rings is 1. The number of aromatic nitrogens is 3. The molecule has 7 nitrogen and oxygen atoms in total. The Labute approximate surface area is 213 Å². The molecule has 0 atom stereocenters. The van der Waals surface area contributed by atoms with Gasteiger partial charge in [0.2, 0.25) is 5.95 Å². The Balaban J connectivity index is 1.37. The fourth-order valence-corrected chi connectivity index (χ4v) is 5.58. The zero-order valence-corrected chi connectivity index (χ0v) is 20.8. The maximum atomic E-state index is 5.59. The van der Waals surface area contributed by atoms with E-state index in [2.05, 4.69) is 57.0 Å². The van der Waals surface area contributed by atoms with E-state index in [0.29, 0.717) is 19.3 Å². The molecule has 0 bridgehead atoms. The van der Waals surface area contributed by atoms with Crippen molar-refractivity contribution in [2.45, 2.75) is 44.6 Å². The molecule has 0 amide bonds. The highest BCUT2D eigenvalue weighted by Crippen LogP contribution is 2.39. The molecule has 186 valence electrons. The number of hydrogen-bond donors (Lipinski definition) is 1. The molecule has 0 radical (unpaired) electrons. The van der Waals surface area contributed by atoms with Gasteiger partial charge in [0, 0.05) is 48.7 Å². The number of ether oxygens (including phenoxy) is 1. The zero-order chi connectivity index (χ0) is 24.3. The van der Waals surface area contributed by atoms with Crippen molar-refractivity contribution in [2.75, 3.05) is 42.6 Å². The van der Waals surface area contributed by atoms with Gasteiger partial charge in [-0.3, -0.25) is 4.98 Å². The van der Waals surface area contributed by atoms with Crippen LogP contribution in [0.15, 0.2) is 55.4 Å². The second-order valence-corrected chi connectivity index (χ2v) is 9.93. The Kier molecular flexibility index (Phi) is 6.55. The lowest BCUT2D eigenvalue weighted by molar-refractivity contribution is 0.122. The van der Waals surface area contributed by atoms with E-state index >= 15 is 0 Å². The summed E-state index contributed by atoms with van der Waals surface area (Å²) in [5.74, 6) is 1.76. The molecule has 0 spiro atoms. The van der Waals surface area contributed by atoms with E-state index < -0.39 is 0 Å². The van der Waals surface area contributed by atoms with E-state index in [4.69, 9.17) is 14.7 Å². The lowest BCUT2D eigenvalue weighted by atomic mass is 9.94. The van der Waals surface area contributed by atoms with Crippen LogP contribution in [-0.2, 0) is 11.2 Å². The van der Waals surface area contributed by atoms with Crippen LogP contribution in [0.3, 0.4) is 0 Å². The Morgan fingerprint density at radius 2 is 1.86 bits per heavy atom. The van der Waals surface area contributed by atoms with Crippen molar-refractivity contribution in [1.29, 1.82) is 0 Å². The van der Waals surface area contributed by atoms with E-state index in [9.17, 15) is 0 Å². The van der Waals surface area contributed by atoms with Crippen LogP contribution in [0, 0.1) is 0 Å². The minimum atomic E-state index is 0.527. The predicted molar refractivity (Wildman–Crippen MR) is 144 cm³/mol. The maximum Gasteiger partial charge on any atom is 0.228 e. The summed E-state index contributed by atoms with van der Waals surface area (Å²) in [5.41, 5.74) is 6.51. The molecule has 2 fully saturated rings. The smallest absolute Gasteiger partial charge is 0.228 e. The van der Waals surface area contributed by atoms with E-state index in [1.54, 1.807) is 0 Å². The molecule has 7 heteroatoms. The van der Waals surface area contributed by atoms with Gasteiger partial charge in [0.15, 0.2) is 0 Å². The summed E-state index contributed by atoms with van der Waals surface area (Å²) in [5, 5.41) is 3.69. The van der Waals surface area contributed by atoms with Gasteiger partial charge in [0.1, 0.15) is 5.82 Å². The quantitative estimate of drug-likeness (QED) is 0.532. The summed E-state index contributed by atoms with van der Waals surface area (Å²) >= 11 is 0. The second-order valence-electron chi connectivity index (χ2n) is 9.93. The highest BCUT2D eigenvalue weighted by molar-refractivity contribution is 5.78. The molecule has 1 saturated carbocycles. The summed E-state index contributed by atoms with van der Waals surface area (Å²) in [6.45, 7) is 8.25. The first-order valence-corrected chi connectivity index (χ1v) is 13.2. The van der Waals surface area contributed by atoms with Gasteiger partial charge >= 0.3 is 0 Å². The maximum absolute atomic E-state index is 5.59. The van der Waals surface area contributed by atoms with Gasteiger partial charge < -0.3 is 19.9 Å². The first-order chi connectivity index (χ1) is 17.8. The van der Waals surface area contributed by atoms with Crippen LogP contribution < -0.4 is 15.1 Å². The third kappa shape index (κ3) is 4.67. The van der Waals surface area contributed by atoms with Gasteiger partial charge in [-0.15, -0.1) is 0 Å². The molecule has 36 heavy (non-hydrogen) atoms. The van der Waals surface area contributed by atoms with Gasteiger partial charge in [-0.1, -0.05) is 44.0 Å². The van der Waals surface area contributed by atoms with Crippen LogP contribution in [0.1, 0.15) is 43.2 Å². The standard InChI is InChI=1S/C29H34N6O/c1-21(31-24-9-3-2-4-10-24)22-7-5-8-23(19-22)27-26-12-14-35(25-11-6-13-30-20-25)28(26)33-29(32-27)34-15-17-36-18-16-34/h5-8,11,13,19-20,24,31H,1-4,9-10,12,14-18H2. The Bertz CT molecular complexity index is 1220. The molecular weight excluding hydrogens is 448 g/mol. The number of rotatable bonds is 6. The van der Waals surface area contributed by atoms with Crippen LogP contribution in [0.25, 0.3) is 17.0 Å². The second kappa shape index (κ2) is 10.3. The van der Waals surface area contributed by atoms with Crippen LogP contribution in [0.2, 0.25) is 0 Å². The molecule has 2 aliphatic heterocycles. The fraction of sp³-hybridized carbons (Fsp3) is 0.414. The van der Waals surface area contributed by atoms with Crippen molar-refractivity contribution >= 4 is 23.2 Å². The van der Waals surface area contributed by atoms with E-state index in [1.807, 2.05) is 18.5 Å². The predicted octanol–water partition coefficient (Wildman–Crippen LogP) is 4.96. The van der Waals surface area contributed by atoms with Gasteiger partial charge in [-0.2, -0.15) is 4.98 Å². The van der Waals surface area contributed by atoms with Crippen LogP contribution >= 0.6 is 0 Å². The third-order valence-electron chi connectivity index (χ3n) is 7.53. The number of hydrogen-bond acceptors (Lipinski definition) is 7. The summed E-state index contributed by atoms with van der Waals surface area (Å²) in [6.07, 6.45) is 11.0. The normalized spacial score (nSPS) is 18.2. The first-order valence-electron chi connectivity index (χ1n) is 13.2. The third-order valence-corrected chi connectivity index (χ3v) is 7.53. The Morgan fingerprint density at radius 3 is 2.67 bits per heavy atom. The average molecular weight is 483 g/mol. The van der Waals surface area contributed by atoms with Crippen molar-refractivity contribution in [3.05, 3.63) is 66.5 Å². The van der Waals surface area contributed by atoms with E-state index in [1.165, 1.54) is 37.7 Å². The molecular formula is C29H34N6O. The number of fused-ring (bicyclic) bond motifs is 1. The van der Waals surface area contributed by atoms with Crippen molar-refractivity contribution in [2.24, 2.45) is 0 Å². The first kappa shape index (κ1) is 23.0. The number of morpholine rings is 1. The highest BCUT2D eigenvalue weighted by Gasteiger charge is 2.29. The minimum Gasteiger partial charge on any atom is -0.382 e. The minimum absolute atomic E-state index is 0.527. The van der Waals surface area contributed by atoms with Gasteiger partial charge in [-0.05, 0) is 43.0 Å². The monoisotopic (exact) mass is 482 g/mol. The fourth-order valence-electron chi connectivity index (χ4n) is 5.58. The molecule has 1 aliphatic carbocycles. The average Bonchev–Trinajstić information content (AvgIpc) is 3.38. The number of nitrogens with zero attached hydrogens (tertiary/aromatic N) is 5. The van der Waals surface area contributed by atoms with Crippen molar-refractivity contribution < 1.29 is 4.74 Å². The van der Waals surface area contributed by atoms with Crippen molar-refractivity contribution in [3.8, 4) is 11.3 Å². The molecule has 1 saturated heterocycles. The number of nitrogens with one attached hydrogen (secondary N) is 1. The summed E-state index contributed by atoms with van der Waals surface area (Å²) < 4.78 is 5.59. The summed E-state index contributed by atoms with van der Waals surface area (Å²) in [4.78, 5) is 19.1. The van der Waals surface area contributed by atoms with E-state index in [-0.39, 0.29) is 0 Å². The topological polar surface area (TPSA) is 66.4 Å². The molecule has 3 aromatic rings. The summed E-state index contributed by atoms with van der Waals surface area (Å²) in [7, 11) is 0. The Hall–Kier alpha value is -3.45. The SMILES string of the molecule is C=C(NC1CCCCC1)c1cccc(-c2nc(N3CCOCC3)nc3c2CCN3c2cccnc2)c1. The van der Waals surface area contributed by atoms with Crippen LogP contribution in [-0.4, -0.2) is 53.8 Å². The number of anilines is 3. The molecule has 4 heterocycles. The molecule has 6 rings (SSSR count).